The summed E-state index contributed by atoms with van der Waals surface area (Å²) in [6.45, 7) is 3.60. The van der Waals surface area contributed by atoms with E-state index < -0.39 is 12.0 Å². The molecule has 0 aliphatic carbocycles. The van der Waals surface area contributed by atoms with Crippen LogP contribution < -0.4 is 5.73 Å². The summed E-state index contributed by atoms with van der Waals surface area (Å²) in [5, 5.41) is 13.9. The third kappa shape index (κ3) is 5.40. The van der Waals surface area contributed by atoms with Crippen molar-refractivity contribution in [3.8, 4) is 0 Å². The molecule has 1 aromatic rings. The summed E-state index contributed by atoms with van der Waals surface area (Å²) >= 11 is 0. The number of hydrogen-bond acceptors (Lipinski definition) is 4. The number of aryl methyl sites for hydroxylation is 1. The first-order valence-corrected chi connectivity index (χ1v) is 6.52. The highest BCUT2D eigenvalue weighted by molar-refractivity contribution is 5.74. The highest BCUT2D eigenvalue weighted by Gasteiger charge is 2.17. The molecule has 0 aliphatic rings. The minimum absolute atomic E-state index is 0.0343. The highest BCUT2D eigenvalue weighted by atomic mass is 16.3. The summed E-state index contributed by atoms with van der Waals surface area (Å²) in [6, 6.07) is 1.99. The van der Waals surface area contributed by atoms with Crippen LogP contribution in [-0.4, -0.2) is 45.4 Å². The van der Waals surface area contributed by atoms with Crippen LogP contribution in [0.1, 0.15) is 25.5 Å². The fourth-order valence-corrected chi connectivity index (χ4v) is 1.94. The Morgan fingerprint density at radius 2 is 2.32 bits per heavy atom. The Morgan fingerprint density at radius 1 is 1.63 bits per heavy atom. The van der Waals surface area contributed by atoms with Gasteiger partial charge in [0, 0.05) is 19.8 Å². The lowest BCUT2D eigenvalue weighted by Crippen LogP contribution is -2.29. The Kier molecular flexibility index (Phi) is 5.98. The molecule has 6 heteroatoms. The normalized spacial score (nSPS) is 14.6. The van der Waals surface area contributed by atoms with Gasteiger partial charge in [-0.3, -0.25) is 9.48 Å². The van der Waals surface area contributed by atoms with Gasteiger partial charge < -0.3 is 15.7 Å². The van der Waals surface area contributed by atoms with E-state index in [0.29, 0.717) is 0 Å². The van der Waals surface area contributed by atoms with E-state index in [2.05, 4.69) is 10.00 Å². The van der Waals surface area contributed by atoms with Crippen molar-refractivity contribution in [1.82, 2.24) is 14.7 Å². The molecule has 1 heterocycles. The van der Waals surface area contributed by atoms with Gasteiger partial charge in [0.25, 0.3) is 0 Å². The predicted molar refractivity (Wildman–Crippen MR) is 73.1 cm³/mol. The number of hydrogen-bond donors (Lipinski definition) is 2. The Balaban J connectivity index is 2.31. The molecule has 6 nitrogen and oxygen atoms in total. The van der Waals surface area contributed by atoms with Crippen LogP contribution in [0.2, 0.25) is 0 Å². The van der Waals surface area contributed by atoms with Gasteiger partial charge in [-0.2, -0.15) is 5.10 Å². The number of nitrogens with two attached hydrogens (primary N) is 1. The molecular formula is C13H24N4O2. The number of nitrogens with zero attached hydrogens (tertiary/aromatic N) is 3. The maximum Gasteiger partial charge on any atom is 0.220 e. The summed E-state index contributed by atoms with van der Waals surface area (Å²) in [5.41, 5.74) is 6.22. The number of carbonyl (C=O) groups excluding carboxylic acids is 1. The number of aromatic nitrogens is 2. The van der Waals surface area contributed by atoms with E-state index in [-0.39, 0.29) is 12.3 Å². The van der Waals surface area contributed by atoms with Crippen LogP contribution in [0.4, 0.5) is 0 Å². The van der Waals surface area contributed by atoms with Gasteiger partial charge in [0.05, 0.1) is 18.2 Å². The third-order valence-electron chi connectivity index (χ3n) is 3.39. The minimum Gasteiger partial charge on any atom is -0.392 e. The standard InChI is InChI=1S/C13H24N4O2/c1-10(12(18)8-13(14)19)5-7-16(2)9-11-4-6-15-17(11)3/h4,6,10,12,18H,5,7-9H2,1-3H3,(H2,14,19)/t10-,12+/m1/s1. The van der Waals surface area contributed by atoms with Crippen molar-refractivity contribution >= 4 is 5.91 Å². The molecule has 0 saturated heterocycles. The molecule has 0 spiro atoms. The molecule has 0 unspecified atom stereocenters. The fraction of sp³-hybridized carbons (Fsp3) is 0.692. The molecular weight excluding hydrogens is 244 g/mol. The zero-order chi connectivity index (χ0) is 14.4. The third-order valence-corrected chi connectivity index (χ3v) is 3.39. The Labute approximate surface area is 114 Å². The maximum absolute atomic E-state index is 10.7. The molecule has 0 saturated carbocycles. The fourth-order valence-electron chi connectivity index (χ4n) is 1.94. The van der Waals surface area contributed by atoms with E-state index >= 15 is 0 Å². The molecule has 0 aliphatic heterocycles. The lowest BCUT2D eigenvalue weighted by atomic mass is 9.98. The quantitative estimate of drug-likeness (QED) is 0.701. The van der Waals surface area contributed by atoms with E-state index in [1.54, 1.807) is 6.20 Å². The highest BCUT2D eigenvalue weighted by Crippen LogP contribution is 2.12. The second-order valence-electron chi connectivity index (χ2n) is 5.19. The number of aliphatic hydroxyl groups excluding tert-OH is 1. The predicted octanol–water partition coefficient (Wildman–Crippen LogP) is 0.114. The van der Waals surface area contributed by atoms with E-state index in [0.717, 1.165) is 25.2 Å². The van der Waals surface area contributed by atoms with Crippen molar-refractivity contribution in [2.45, 2.75) is 32.4 Å². The van der Waals surface area contributed by atoms with Crippen LogP contribution in [0, 0.1) is 5.92 Å². The molecule has 1 amide bonds. The smallest absolute Gasteiger partial charge is 0.220 e. The second kappa shape index (κ2) is 7.25. The Morgan fingerprint density at radius 3 is 2.84 bits per heavy atom. The van der Waals surface area contributed by atoms with Crippen molar-refractivity contribution in [3.05, 3.63) is 18.0 Å². The summed E-state index contributed by atoms with van der Waals surface area (Å²) < 4.78 is 1.85. The molecule has 108 valence electrons. The van der Waals surface area contributed by atoms with Gasteiger partial charge in [0.1, 0.15) is 0 Å². The SMILES string of the molecule is C[C@H](CCN(C)Cc1ccnn1C)[C@@H](O)CC(N)=O. The maximum atomic E-state index is 10.7. The molecule has 19 heavy (non-hydrogen) atoms. The van der Waals surface area contributed by atoms with Gasteiger partial charge in [-0.1, -0.05) is 6.92 Å². The van der Waals surface area contributed by atoms with Crippen LogP contribution >= 0.6 is 0 Å². The van der Waals surface area contributed by atoms with Crippen molar-refractivity contribution in [2.24, 2.45) is 18.7 Å². The zero-order valence-electron chi connectivity index (χ0n) is 11.9. The van der Waals surface area contributed by atoms with E-state index in [4.69, 9.17) is 5.73 Å². The van der Waals surface area contributed by atoms with Gasteiger partial charge in [-0.15, -0.1) is 0 Å². The summed E-state index contributed by atoms with van der Waals surface area (Å²) in [4.78, 5) is 12.9. The minimum atomic E-state index is -0.650. The number of amides is 1. The molecule has 3 N–H and O–H groups in total. The number of aliphatic hydroxyl groups is 1. The van der Waals surface area contributed by atoms with Gasteiger partial charge >= 0.3 is 0 Å². The van der Waals surface area contributed by atoms with E-state index in [1.165, 1.54) is 0 Å². The monoisotopic (exact) mass is 268 g/mol. The van der Waals surface area contributed by atoms with Crippen molar-refractivity contribution in [2.75, 3.05) is 13.6 Å². The average Bonchev–Trinajstić information content (AvgIpc) is 2.71. The van der Waals surface area contributed by atoms with Crippen LogP contribution in [0.5, 0.6) is 0 Å². The summed E-state index contributed by atoms with van der Waals surface area (Å²) in [6.07, 6.45) is 1.99. The lowest BCUT2D eigenvalue weighted by molar-refractivity contribution is -0.120. The van der Waals surface area contributed by atoms with Crippen LogP contribution in [0.15, 0.2) is 12.3 Å². The Bertz CT molecular complexity index is 405. The first kappa shape index (κ1) is 15.7. The van der Waals surface area contributed by atoms with Crippen molar-refractivity contribution in [3.63, 3.8) is 0 Å². The number of carbonyl (C=O) groups is 1. The molecule has 0 bridgehead atoms. The molecule has 2 atom stereocenters. The second-order valence-corrected chi connectivity index (χ2v) is 5.19. The molecule has 1 aromatic heterocycles. The number of rotatable bonds is 8. The van der Waals surface area contributed by atoms with Crippen LogP contribution in [-0.2, 0) is 18.4 Å². The number of primary amides is 1. The van der Waals surface area contributed by atoms with E-state index in [1.807, 2.05) is 31.8 Å². The van der Waals surface area contributed by atoms with Gasteiger partial charge in [0.2, 0.25) is 5.91 Å². The summed E-state index contributed by atoms with van der Waals surface area (Å²) in [7, 11) is 3.95. The molecule has 1 rings (SSSR count). The molecule has 0 fully saturated rings. The lowest BCUT2D eigenvalue weighted by Gasteiger charge is -2.22. The van der Waals surface area contributed by atoms with Crippen LogP contribution in [0.3, 0.4) is 0 Å². The zero-order valence-corrected chi connectivity index (χ0v) is 11.9. The van der Waals surface area contributed by atoms with Crippen LogP contribution in [0.25, 0.3) is 0 Å². The van der Waals surface area contributed by atoms with E-state index in [9.17, 15) is 9.90 Å². The first-order valence-electron chi connectivity index (χ1n) is 6.52. The summed E-state index contributed by atoms with van der Waals surface area (Å²) in [5.74, 6) is -0.399. The topological polar surface area (TPSA) is 84.4 Å². The average molecular weight is 268 g/mol. The molecule has 0 radical (unpaired) electrons. The van der Waals surface area contributed by atoms with Gasteiger partial charge in [-0.25, -0.2) is 0 Å². The van der Waals surface area contributed by atoms with Crippen molar-refractivity contribution < 1.29 is 9.90 Å². The Hall–Kier alpha value is -1.40. The van der Waals surface area contributed by atoms with Gasteiger partial charge in [-0.05, 0) is 32.0 Å². The van der Waals surface area contributed by atoms with Gasteiger partial charge in [0.15, 0.2) is 0 Å². The first-order chi connectivity index (χ1) is 8.90. The van der Waals surface area contributed by atoms with Crippen molar-refractivity contribution in [1.29, 1.82) is 0 Å². The largest absolute Gasteiger partial charge is 0.392 e. The molecule has 0 aromatic carbocycles.